The number of H-pyrrole nitrogens is 1. The largest absolute Gasteiger partial charge is 0.497 e. The van der Waals surface area contributed by atoms with Crippen LogP contribution < -0.4 is 10.3 Å². The van der Waals surface area contributed by atoms with Crippen LogP contribution in [0.1, 0.15) is 11.3 Å². The third-order valence-electron chi connectivity index (χ3n) is 4.56. The second kappa shape index (κ2) is 6.32. The average molecular weight is 363 g/mol. The number of carboxylic acids is 1. The number of furan rings is 1. The maximum atomic E-state index is 12.4. The van der Waals surface area contributed by atoms with Crippen LogP contribution in [0.3, 0.4) is 0 Å². The highest BCUT2D eigenvalue weighted by Gasteiger charge is 2.21. The third kappa shape index (κ3) is 2.95. The van der Waals surface area contributed by atoms with E-state index >= 15 is 0 Å². The molecule has 0 radical (unpaired) electrons. The normalized spacial score (nSPS) is 11.2. The molecule has 0 saturated heterocycles. The minimum absolute atomic E-state index is 0.285. The van der Waals surface area contributed by atoms with E-state index in [1.807, 2.05) is 36.4 Å². The summed E-state index contributed by atoms with van der Waals surface area (Å²) in [6.45, 7) is 1.75. The molecule has 2 aromatic heterocycles. The lowest BCUT2D eigenvalue weighted by Gasteiger charge is -2.05. The second-order valence-corrected chi connectivity index (χ2v) is 6.43. The van der Waals surface area contributed by atoms with Gasteiger partial charge in [0.25, 0.3) is 5.56 Å². The van der Waals surface area contributed by atoms with Crippen LogP contribution in [0.15, 0.2) is 51.7 Å². The van der Waals surface area contributed by atoms with Gasteiger partial charge in [0.1, 0.15) is 17.1 Å². The summed E-state index contributed by atoms with van der Waals surface area (Å²) in [5.74, 6) is 0.137. The molecule has 136 valence electrons. The summed E-state index contributed by atoms with van der Waals surface area (Å²) in [6, 6.07) is 13.1. The molecular formula is C21H17NO5. The summed E-state index contributed by atoms with van der Waals surface area (Å²) in [6.07, 6.45) is -0.297. The van der Waals surface area contributed by atoms with Crippen molar-refractivity contribution in [3.8, 4) is 17.1 Å². The van der Waals surface area contributed by atoms with Crippen molar-refractivity contribution in [1.82, 2.24) is 4.98 Å². The Balaban J connectivity index is 1.97. The maximum absolute atomic E-state index is 12.4. The second-order valence-electron chi connectivity index (χ2n) is 6.43. The van der Waals surface area contributed by atoms with Crippen molar-refractivity contribution in [3.05, 3.63) is 64.1 Å². The van der Waals surface area contributed by atoms with Crippen molar-refractivity contribution in [2.24, 2.45) is 0 Å². The molecule has 0 aliphatic heterocycles. The Hall–Kier alpha value is -3.54. The quantitative estimate of drug-likeness (QED) is 0.574. The van der Waals surface area contributed by atoms with Crippen molar-refractivity contribution in [1.29, 1.82) is 0 Å². The molecule has 0 aliphatic carbocycles. The van der Waals surface area contributed by atoms with Crippen molar-refractivity contribution in [3.63, 3.8) is 0 Å². The van der Waals surface area contributed by atoms with E-state index in [-0.39, 0.29) is 17.4 Å². The predicted octanol–water partition coefficient (Wildman–Crippen LogP) is 3.89. The monoisotopic (exact) mass is 363 g/mol. The number of carboxylic acid groups (broad SMARTS) is 1. The van der Waals surface area contributed by atoms with Crippen LogP contribution in [-0.4, -0.2) is 23.2 Å². The minimum Gasteiger partial charge on any atom is -0.497 e. The van der Waals surface area contributed by atoms with E-state index in [4.69, 9.17) is 9.15 Å². The summed E-state index contributed by atoms with van der Waals surface area (Å²) in [7, 11) is 1.61. The molecule has 0 spiro atoms. The van der Waals surface area contributed by atoms with E-state index in [9.17, 15) is 14.7 Å². The lowest BCUT2D eigenvalue weighted by molar-refractivity contribution is -0.136. The van der Waals surface area contributed by atoms with E-state index in [0.29, 0.717) is 22.6 Å². The van der Waals surface area contributed by atoms with Gasteiger partial charge in [-0.1, -0.05) is 18.2 Å². The first-order valence-electron chi connectivity index (χ1n) is 8.41. The van der Waals surface area contributed by atoms with Gasteiger partial charge in [-0.2, -0.15) is 0 Å². The van der Waals surface area contributed by atoms with Crippen LogP contribution in [-0.2, 0) is 11.2 Å². The molecule has 0 amide bonds. The van der Waals surface area contributed by atoms with Crippen molar-refractivity contribution in [2.45, 2.75) is 13.3 Å². The summed E-state index contributed by atoms with van der Waals surface area (Å²) in [5, 5.41) is 11.6. The fourth-order valence-corrected chi connectivity index (χ4v) is 3.35. The van der Waals surface area contributed by atoms with Crippen molar-refractivity contribution in [2.75, 3.05) is 7.11 Å². The predicted molar refractivity (Wildman–Crippen MR) is 102 cm³/mol. The molecular weight excluding hydrogens is 346 g/mol. The number of ether oxygens (including phenoxy) is 1. The Kier molecular flexibility index (Phi) is 3.96. The molecule has 2 N–H and O–H groups in total. The molecule has 27 heavy (non-hydrogen) atoms. The number of aromatic nitrogens is 1. The zero-order chi connectivity index (χ0) is 19.1. The molecule has 6 heteroatoms. The molecule has 0 aliphatic rings. The number of pyridine rings is 1. The van der Waals surface area contributed by atoms with Gasteiger partial charge in [-0.15, -0.1) is 0 Å². The fourth-order valence-electron chi connectivity index (χ4n) is 3.35. The molecule has 0 saturated carbocycles. The van der Waals surface area contributed by atoms with Gasteiger partial charge in [0.15, 0.2) is 0 Å². The molecule has 4 rings (SSSR count). The molecule has 2 aromatic carbocycles. The summed E-state index contributed by atoms with van der Waals surface area (Å²) in [4.78, 5) is 26.5. The number of hydrogen-bond donors (Lipinski definition) is 2. The first-order chi connectivity index (χ1) is 13.0. The molecule has 0 unspecified atom stereocenters. The van der Waals surface area contributed by atoms with Gasteiger partial charge >= 0.3 is 5.97 Å². The zero-order valence-electron chi connectivity index (χ0n) is 14.8. The first-order valence-corrected chi connectivity index (χ1v) is 8.41. The van der Waals surface area contributed by atoms with Crippen molar-refractivity contribution < 1.29 is 19.1 Å². The first kappa shape index (κ1) is 16.9. The highest BCUT2D eigenvalue weighted by atomic mass is 16.5. The molecule has 2 heterocycles. The number of aromatic amines is 1. The zero-order valence-corrected chi connectivity index (χ0v) is 14.8. The summed E-state index contributed by atoms with van der Waals surface area (Å²) < 4.78 is 11.2. The van der Waals surface area contributed by atoms with Crippen LogP contribution in [0.2, 0.25) is 0 Å². The Morgan fingerprint density at radius 1 is 1.15 bits per heavy atom. The van der Waals surface area contributed by atoms with E-state index in [1.54, 1.807) is 20.1 Å². The van der Waals surface area contributed by atoms with Crippen LogP contribution in [0.4, 0.5) is 0 Å². The standard InChI is InChI=1S/C21H17NO5/c1-11-7-17-19(21(25)22-11)16(10-18(23)24)20(27-17)14-4-3-13-9-15(26-2)6-5-12(13)8-14/h3-9H,10H2,1-2H3,(H,22,25)(H,23,24). The van der Waals surface area contributed by atoms with Crippen LogP contribution in [0.25, 0.3) is 33.1 Å². The number of rotatable bonds is 4. The Morgan fingerprint density at radius 3 is 2.63 bits per heavy atom. The fraction of sp³-hybridized carbons (Fsp3) is 0.143. The third-order valence-corrected chi connectivity index (χ3v) is 4.56. The van der Waals surface area contributed by atoms with Gasteiger partial charge in [0, 0.05) is 22.9 Å². The van der Waals surface area contributed by atoms with Crippen molar-refractivity contribution >= 4 is 27.7 Å². The minimum atomic E-state index is -1.02. The van der Waals surface area contributed by atoms with Crippen LogP contribution >= 0.6 is 0 Å². The number of fused-ring (bicyclic) bond motifs is 2. The smallest absolute Gasteiger partial charge is 0.307 e. The van der Waals surface area contributed by atoms with E-state index in [2.05, 4.69) is 4.98 Å². The number of benzene rings is 2. The molecule has 0 atom stereocenters. The van der Waals surface area contributed by atoms with Gasteiger partial charge in [0.2, 0.25) is 0 Å². The Labute approximate surface area is 154 Å². The number of hydrogen-bond acceptors (Lipinski definition) is 4. The van der Waals surface area contributed by atoms with Crippen LogP contribution in [0.5, 0.6) is 5.75 Å². The lowest BCUT2D eigenvalue weighted by Crippen LogP contribution is -2.10. The summed E-state index contributed by atoms with van der Waals surface area (Å²) >= 11 is 0. The van der Waals surface area contributed by atoms with Gasteiger partial charge < -0.3 is 19.2 Å². The number of aliphatic carboxylic acids is 1. The highest BCUT2D eigenvalue weighted by molar-refractivity contribution is 5.94. The Morgan fingerprint density at radius 2 is 1.89 bits per heavy atom. The lowest BCUT2D eigenvalue weighted by atomic mass is 10.0. The van der Waals surface area contributed by atoms with Gasteiger partial charge in [-0.25, -0.2) is 0 Å². The average Bonchev–Trinajstić information content (AvgIpc) is 2.98. The van der Waals surface area contributed by atoms with Gasteiger partial charge in [-0.05, 0) is 35.9 Å². The summed E-state index contributed by atoms with van der Waals surface area (Å²) in [5.41, 5.74) is 1.79. The molecule has 0 fully saturated rings. The topological polar surface area (TPSA) is 92.5 Å². The van der Waals surface area contributed by atoms with Gasteiger partial charge in [0.05, 0.1) is 18.9 Å². The number of aryl methyl sites for hydroxylation is 1. The number of methoxy groups -OCH3 is 1. The van der Waals surface area contributed by atoms with E-state index in [0.717, 1.165) is 22.1 Å². The Bertz CT molecular complexity index is 1250. The van der Waals surface area contributed by atoms with Gasteiger partial charge in [-0.3, -0.25) is 9.59 Å². The number of nitrogens with one attached hydrogen (secondary N) is 1. The SMILES string of the molecule is COc1ccc2cc(-c3oc4cc(C)[nH]c(=O)c4c3CC(=O)O)ccc2c1. The van der Waals surface area contributed by atoms with E-state index < -0.39 is 5.97 Å². The highest BCUT2D eigenvalue weighted by Crippen LogP contribution is 2.34. The molecule has 6 nitrogen and oxygen atoms in total. The molecule has 0 bridgehead atoms. The van der Waals surface area contributed by atoms with E-state index in [1.165, 1.54) is 0 Å². The maximum Gasteiger partial charge on any atom is 0.307 e. The molecule has 4 aromatic rings. The number of carbonyl (C=O) groups is 1. The van der Waals surface area contributed by atoms with Crippen LogP contribution in [0, 0.1) is 6.92 Å².